The van der Waals surface area contributed by atoms with Crippen LogP contribution in [0.3, 0.4) is 0 Å². The van der Waals surface area contributed by atoms with Gasteiger partial charge in [0.15, 0.2) is 11.6 Å². The summed E-state index contributed by atoms with van der Waals surface area (Å²) in [5, 5.41) is 13.4. The average molecular weight is 528 g/mol. The number of nitrogens with one attached hydrogen (secondary N) is 2. The van der Waals surface area contributed by atoms with Gasteiger partial charge in [-0.2, -0.15) is 0 Å². The van der Waals surface area contributed by atoms with E-state index in [4.69, 9.17) is 5.11 Å². The number of rotatable bonds is 8. The molecule has 200 valence electrons. The van der Waals surface area contributed by atoms with Gasteiger partial charge in [-0.1, -0.05) is 45.0 Å². The van der Waals surface area contributed by atoms with E-state index in [1.165, 1.54) is 23.1 Å². The van der Waals surface area contributed by atoms with Crippen molar-refractivity contribution in [3.8, 4) is 0 Å². The first kappa shape index (κ1) is 28.2. The van der Waals surface area contributed by atoms with Crippen LogP contribution in [0.2, 0.25) is 0 Å². The molecule has 0 heterocycles. The smallest absolute Gasteiger partial charge is 0.340 e. The van der Waals surface area contributed by atoms with Gasteiger partial charge in [-0.25, -0.2) is 22.8 Å². The van der Waals surface area contributed by atoms with Crippen LogP contribution in [0, 0.1) is 11.6 Å². The Bertz CT molecular complexity index is 1310. The van der Waals surface area contributed by atoms with E-state index in [1.807, 2.05) is 12.1 Å². The van der Waals surface area contributed by atoms with E-state index in [1.54, 1.807) is 24.3 Å². The molecule has 0 aliphatic heterocycles. The molecular weight excluding hydrogens is 499 g/mol. The second-order valence-corrected chi connectivity index (χ2v) is 9.65. The number of amides is 3. The Morgan fingerprint density at radius 2 is 1.55 bits per heavy atom. The number of aliphatic carboxylic acids is 1. The predicted molar refractivity (Wildman–Crippen MR) is 138 cm³/mol. The molecule has 10 heteroatoms. The van der Waals surface area contributed by atoms with Crippen LogP contribution in [0.15, 0.2) is 66.7 Å². The summed E-state index contributed by atoms with van der Waals surface area (Å²) in [5.41, 5.74) is 2.37. The minimum Gasteiger partial charge on any atom is -0.479 e. The summed E-state index contributed by atoms with van der Waals surface area (Å²) in [6, 6.07) is 15.9. The Labute approximate surface area is 218 Å². The fourth-order valence-electron chi connectivity index (χ4n) is 3.50. The van der Waals surface area contributed by atoms with Gasteiger partial charge in [-0.15, -0.1) is 0 Å². The van der Waals surface area contributed by atoms with Crippen LogP contribution < -0.4 is 15.5 Å². The third kappa shape index (κ3) is 7.34. The van der Waals surface area contributed by atoms with Crippen LogP contribution in [0.5, 0.6) is 0 Å². The highest BCUT2D eigenvalue weighted by atomic mass is 19.2. The zero-order valence-corrected chi connectivity index (χ0v) is 21.1. The number of carboxylic acid groups (broad SMARTS) is 1. The molecule has 0 saturated carbocycles. The summed E-state index contributed by atoms with van der Waals surface area (Å²) in [7, 11) is 0. The second kappa shape index (κ2) is 11.8. The largest absolute Gasteiger partial charge is 0.479 e. The Kier molecular flexibility index (Phi) is 8.77. The lowest BCUT2D eigenvalue weighted by molar-refractivity contribution is -0.142. The molecule has 3 amide bonds. The van der Waals surface area contributed by atoms with Crippen molar-refractivity contribution in [3.63, 3.8) is 0 Å². The van der Waals surface area contributed by atoms with E-state index in [9.17, 15) is 27.6 Å². The Morgan fingerprint density at radius 1 is 0.921 bits per heavy atom. The number of urea groups is 1. The number of carbonyl (C=O) groups is 3. The minimum absolute atomic E-state index is 0.0673. The van der Waals surface area contributed by atoms with Crippen molar-refractivity contribution in [2.45, 2.75) is 38.9 Å². The summed E-state index contributed by atoms with van der Waals surface area (Å²) in [4.78, 5) is 37.4. The Balaban J connectivity index is 1.82. The Morgan fingerprint density at radius 3 is 2.11 bits per heavy atom. The van der Waals surface area contributed by atoms with Crippen molar-refractivity contribution in [2.75, 3.05) is 16.8 Å². The maximum absolute atomic E-state index is 13.7. The number of hydrogen-bond donors (Lipinski definition) is 3. The molecule has 3 aromatic carbocycles. The van der Waals surface area contributed by atoms with Crippen LogP contribution >= 0.6 is 0 Å². The molecule has 3 rings (SSSR count). The molecule has 0 spiro atoms. The van der Waals surface area contributed by atoms with Crippen LogP contribution in [0.1, 0.15) is 42.3 Å². The van der Waals surface area contributed by atoms with Gasteiger partial charge >= 0.3 is 12.0 Å². The fourth-order valence-corrected chi connectivity index (χ4v) is 3.50. The van der Waals surface area contributed by atoms with E-state index in [2.05, 4.69) is 31.4 Å². The molecule has 7 nitrogen and oxygen atoms in total. The summed E-state index contributed by atoms with van der Waals surface area (Å²) in [6.45, 7) is 5.57. The highest BCUT2D eigenvalue weighted by Gasteiger charge is 2.20. The number of hydrogen-bond acceptors (Lipinski definition) is 3. The first-order valence-corrected chi connectivity index (χ1v) is 11.7. The van der Waals surface area contributed by atoms with Gasteiger partial charge in [0.05, 0.1) is 13.1 Å². The molecular formula is C28H28F3N3O4. The van der Waals surface area contributed by atoms with Crippen molar-refractivity contribution >= 4 is 29.3 Å². The third-order valence-corrected chi connectivity index (χ3v) is 5.73. The maximum Gasteiger partial charge on any atom is 0.340 e. The molecule has 0 bridgehead atoms. The van der Waals surface area contributed by atoms with Crippen molar-refractivity contribution < 1.29 is 32.7 Å². The molecule has 0 aromatic heterocycles. The number of carbonyl (C=O) groups excluding carboxylic acids is 2. The highest BCUT2D eigenvalue weighted by molar-refractivity contribution is 6.01. The van der Waals surface area contributed by atoms with Crippen LogP contribution in [0.25, 0.3) is 0 Å². The lowest BCUT2D eigenvalue weighted by atomic mass is 9.87. The zero-order valence-electron chi connectivity index (χ0n) is 21.1. The van der Waals surface area contributed by atoms with Crippen LogP contribution in [-0.4, -0.2) is 35.7 Å². The monoisotopic (exact) mass is 527 g/mol. The van der Waals surface area contributed by atoms with Crippen molar-refractivity contribution in [1.82, 2.24) is 5.32 Å². The molecule has 0 aliphatic carbocycles. The molecule has 3 N–H and O–H groups in total. The number of carboxylic acids is 1. The fraction of sp³-hybridized carbons (Fsp3) is 0.250. The van der Waals surface area contributed by atoms with Gasteiger partial charge in [-0.3, -0.25) is 9.69 Å². The van der Waals surface area contributed by atoms with Gasteiger partial charge in [0.1, 0.15) is 0 Å². The van der Waals surface area contributed by atoms with Crippen molar-refractivity contribution in [3.05, 3.63) is 95.1 Å². The van der Waals surface area contributed by atoms with Crippen LogP contribution in [0.4, 0.5) is 29.3 Å². The minimum atomic E-state index is -2.22. The van der Waals surface area contributed by atoms with Crippen molar-refractivity contribution in [1.29, 1.82) is 0 Å². The number of nitrogens with zero attached hydrogens (tertiary/aromatic N) is 1. The molecule has 1 unspecified atom stereocenters. The molecule has 0 fully saturated rings. The zero-order chi connectivity index (χ0) is 28.0. The van der Waals surface area contributed by atoms with Crippen LogP contribution in [-0.2, 0) is 16.8 Å². The van der Waals surface area contributed by atoms with E-state index < -0.39 is 42.3 Å². The predicted octanol–water partition coefficient (Wildman–Crippen LogP) is 5.65. The number of alkyl halides is 1. The van der Waals surface area contributed by atoms with Gasteiger partial charge in [0, 0.05) is 23.0 Å². The summed E-state index contributed by atoms with van der Waals surface area (Å²) < 4.78 is 40.2. The SMILES string of the molecule is CC(C)(C)c1ccc(N(Cc2ccc(C(=O)NCC(F)C(=O)O)cc2)C(=O)Nc2ccc(F)c(F)c2)cc1. The highest BCUT2D eigenvalue weighted by Crippen LogP contribution is 2.26. The maximum atomic E-state index is 13.7. The summed E-state index contributed by atoms with van der Waals surface area (Å²) in [5.74, 6) is -4.45. The van der Waals surface area contributed by atoms with E-state index in [0.29, 0.717) is 11.3 Å². The number of halogens is 3. The topological polar surface area (TPSA) is 98.7 Å². The molecule has 0 saturated heterocycles. The molecule has 38 heavy (non-hydrogen) atoms. The number of benzene rings is 3. The van der Waals surface area contributed by atoms with E-state index in [-0.39, 0.29) is 23.2 Å². The number of anilines is 2. The molecule has 0 aliphatic rings. The quantitative estimate of drug-likeness (QED) is 0.352. The van der Waals surface area contributed by atoms with Gasteiger partial charge in [0.25, 0.3) is 5.91 Å². The van der Waals surface area contributed by atoms with Gasteiger partial charge in [0.2, 0.25) is 6.17 Å². The molecule has 1 atom stereocenters. The third-order valence-electron chi connectivity index (χ3n) is 5.73. The lowest BCUT2D eigenvalue weighted by Gasteiger charge is -2.25. The lowest BCUT2D eigenvalue weighted by Crippen LogP contribution is -2.35. The van der Waals surface area contributed by atoms with E-state index >= 15 is 0 Å². The van der Waals surface area contributed by atoms with Crippen molar-refractivity contribution in [2.24, 2.45) is 0 Å². The average Bonchev–Trinajstić information content (AvgIpc) is 2.87. The summed E-state index contributed by atoms with van der Waals surface area (Å²) >= 11 is 0. The van der Waals surface area contributed by atoms with E-state index in [0.717, 1.165) is 17.7 Å². The normalized spacial score (nSPS) is 11.9. The molecule has 3 aromatic rings. The molecule has 0 radical (unpaired) electrons. The second-order valence-electron chi connectivity index (χ2n) is 9.65. The first-order valence-electron chi connectivity index (χ1n) is 11.7. The summed E-state index contributed by atoms with van der Waals surface area (Å²) in [6.07, 6.45) is -2.22. The van der Waals surface area contributed by atoms with Gasteiger partial charge < -0.3 is 15.7 Å². The first-order chi connectivity index (χ1) is 17.8. The Hall–Kier alpha value is -4.34. The standard InChI is InChI=1S/C28H28F3N3O4/c1-28(2,3)19-8-11-21(12-9-19)34(27(38)33-20-10-13-22(29)23(30)14-20)16-17-4-6-18(7-5-17)25(35)32-15-24(31)26(36)37/h4-14,24H,15-16H2,1-3H3,(H,32,35)(H,33,38)(H,36,37). The van der Waals surface area contributed by atoms with Gasteiger partial charge in [-0.05, 0) is 52.9 Å².